The number of nitrogens with zero attached hydrogens (tertiary/aromatic N) is 1. The van der Waals surface area contributed by atoms with Crippen LogP contribution in [0.3, 0.4) is 0 Å². The zero-order valence-corrected chi connectivity index (χ0v) is 28.7. The molecule has 3 unspecified atom stereocenters. The number of hydrogen-bond donors (Lipinski definition) is 3. The maximum absolute atomic E-state index is 14.3. The first-order valence-electron chi connectivity index (χ1n) is 17.1. The first-order chi connectivity index (χ1) is 24.7. The van der Waals surface area contributed by atoms with E-state index in [0.29, 0.717) is 0 Å². The lowest BCUT2D eigenvalue weighted by atomic mass is 9.98. The molecule has 4 aromatic carbocycles. The van der Waals surface area contributed by atoms with E-state index in [-0.39, 0.29) is 36.9 Å². The van der Waals surface area contributed by atoms with Gasteiger partial charge in [0.15, 0.2) is 6.23 Å². The second-order valence-electron chi connectivity index (χ2n) is 12.6. The average Bonchev–Trinajstić information content (AvgIpc) is 3.65. The Morgan fingerprint density at radius 2 is 1.39 bits per heavy atom. The third kappa shape index (κ3) is 7.44. The molecule has 0 spiro atoms. The fourth-order valence-electron chi connectivity index (χ4n) is 6.87. The molecule has 0 radical (unpaired) electrons. The Balaban J connectivity index is 1.20. The van der Waals surface area contributed by atoms with Gasteiger partial charge in [0.1, 0.15) is 30.5 Å². The Morgan fingerprint density at radius 1 is 0.804 bits per heavy atom. The fraction of sp³-hybridized carbons (Fsp3) is 0.300. The first kappa shape index (κ1) is 35.2. The summed E-state index contributed by atoms with van der Waals surface area (Å²) in [6, 6.07) is 28.0. The van der Waals surface area contributed by atoms with Gasteiger partial charge in [-0.05, 0) is 54.7 Å². The van der Waals surface area contributed by atoms with E-state index in [1.807, 2.05) is 78.9 Å². The third-order valence-corrected chi connectivity index (χ3v) is 9.29. The number of carbonyl (C=O) groups excluding carboxylic acids is 4. The van der Waals surface area contributed by atoms with Crippen LogP contribution in [0, 0.1) is 0 Å². The largest absolute Gasteiger partial charge is 0.507 e. The second-order valence-corrected chi connectivity index (χ2v) is 12.6. The third-order valence-electron chi connectivity index (χ3n) is 9.29. The van der Waals surface area contributed by atoms with E-state index in [4.69, 9.17) is 14.2 Å². The van der Waals surface area contributed by atoms with Crippen molar-refractivity contribution < 1.29 is 38.5 Å². The molecular weight excluding hydrogens is 650 g/mol. The Labute approximate surface area is 296 Å². The molecule has 4 aromatic rings. The van der Waals surface area contributed by atoms with Gasteiger partial charge in [0.2, 0.25) is 11.8 Å². The lowest BCUT2D eigenvalue weighted by Crippen LogP contribution is -2.57. The lowest BCUT2D eigenvalue weighted by molar-refractivity contribution is -0.149. The number of alkyl carbamates (subject to hydrolysis) is 1. The molecule has 11 heteroatoms. The van der Waals surface area contributed by atoms with Gasteiger partial charge in [-0.3, -0.25) is 14.5 Å². The number of aromatic hydroxyl groups is 1. The van der Waals surface area contributed by atoms with Gasteiger partial charge in [0.05, 0.1) is 12.7 Å². The van der Waals surface area contributed by atoms with Gasteiger partial charge < -0.3 is 30.0 Å². The fourth-order valence-corrected chi connectivity index (χ4v) is 6.87. The van der Waals surface area contributed by atoms with Crippen molar-refractivity contribution in [1.82, 2.24) is 15.5 Å². The quantitative estimate of drug-likeness (QED) is 0.182. The van der Waals surface area contributed by atoms with E-state index >= 15 is 0 Å². The molecule has 0 aromatic heterocycles. The molecule has 264 valence electrons. The van der Waals surface area contributed by atoms with Crippen molar-refractivity contribution in [2.45, 2.75) is 63.6 Å². The number of carbonyl (C=O) groups is 4. The average molecular weight is 692 g/mol. The topological polar surface area (TPSA) is 143 Å². The number of para-hydroxylation sites is 1. The number of benzene rings is 4. The zero-order chi connectivity index (χ0) is 36.1. The first-order valence-corrected chi connectivity index (χ1v) is 17.1. The molecule has 1 aliphatic heterocycles. The lowest BCUT2D eigenvalue weighted by Gasteiger charge is -2.31. The summed E-state index contributed by atoms with van der Waals surface area (Å²) in [5.74, 6) is -2.25. The van der Waals surface area contributed by atoms with Gasteiger partial charge >= 0.3 is 12.1 Å². The number of fused-ring (bicyclic) bond motifs is 3. The molecule has 0 saturated carbocycles. The second kappa shape index (κ2) is 15.5. The summed E-state index contributed by atoms with van der Waals surface area (Å²) < 4.78 is 17.1. The molecule has 1 aliphatic carbocycles. The molecule has 11 nitrogen and oxygen atoms in total. The Morgan fingerprint density at radius 3 is 2.02 bits per heavy atom. The van der Waals surface area contributed by atoms with Crippen LogP contribution >= 0.6 is 0 Å². The van der Waals surface area contributed by atoms with Crippen molar-refractivity contribution in [1.29, 1.82) is 0 Å². The molecule has 3 amide bonds. The van der Waals surface area contributed by atoms with Crippen LogP contribution < -0.4 is 10.6 Å². The van der Waals surface area contributed by atoms with E-state index in [1.165, 1.54) is 17.9 Å². The molecule has 5 atom stereocenters. The smallest absolute Gasteiger partial charge is 0.407 e. The maximum atomic E-state index is 14.3. The molecule has 6 rings (SSSR count). The summed E-state index contributed by atoms with van der Waals surface area (Å²) in [6.07, 6.45) is -2.69. The van der Waals surface area contributed by atoms with Crippen molar-refractivity contribution in [2.24, 2.45) is 0 Å². The van der Waals surface area contributed by atoms with Crippen molar-refractivity contribution in [3.63, 3.8) is 0 Å². The number of phenols is 1. The minimum absolute atomic E-state index is 0.0484. The van der Waals surface area contributed by atoms with Crippen LogP contribution in [0.25, 0.3) is 11.1 Å². The van der Waals surface area contributed by atoms with E-state index in [9.17, 15) is 24.3 Å². The number of nitrogens with one attached hydrogen (secondary N) is 2. The Hall–Kier alpha value is -5.68. The van der Waals surface area contributed by atoms with Gasteiger partial charge in [-0.2, -0.15) is 0 Å². The van der Waals surface area contributed by atoms with Crippen molar-refractivity contribution in [3.8, 4) is 16.9 Å². The SMILES string of the molecule is CCOC(=O)[C@H](Cc1ccccc1)NC(=O)C1C(C)OC(c2ccccc2O)N1C(=O)[C@H](C)NC(=O)OCC1c2ccccc2-c2ccccc21. The van der Waals surface area contributed by atoms with Crippen LogP contribution in [0.5, 0.6) is 5.75 Å². The molecular formula is C40H41N3O8. The predicted octanol–water partition coefficient (Wildman–Crippen LogP) is 5.22. The highest BCUT2D eigenvalue weighted by molar-refractivity contribution is 5.94. The Kier molecular flexibility index (Phi) is 10.7. The van der Waals surface area contributed by atoms with Crippen molar-refractivity contribution in [2.75, 3.05) is 13.2 Å². The molecule has 1 fully saturated rings. The van der Waals surface area contributed by atoms with E-state index in [1.54, 1.807) is 32.0 Å². The van der Waals surface area contributed by atoms with Crippen LogP contribution in [0.15, 0.2) is 103 Å². The zero-order valence-electron chi connectivity index (χ0n) is 28.7. The summed E-state index contributed by atoms with van der Waals surface area (Å²) in [6.45, 7) is 4.95. The summed E-state index contributed by atoms with van der Waals surface area (Å²) >= 11 is 0. The van der Waals surface area contributed by atoms with E-state index in [2.05, 4.69) is 10.6 Å². The number of rotatable bonds is 11. The summed E-state index contributed by atoms with van der Waals surface area (Å²) in [5, 5.41) is 16.2. The van der Waals surface area contributed by atoms with Gasteiger partial charge in [-0.15, -0.1) is 0 Å². The number of amides is 3. The van der Waals surface area contributed by atoms with Crippen LogP contribution in [-0.2, 0) is 35.0 Å². The predicted molar refractivity (Wildman–Crippen MR) is 188 cm³/mol. The molecule has 51 heavy (non-hydrogen) atoms. The highest BCUT2D eigenvalue weighted by Crippen LogP contribution is 2.44. The normalized spacial score (nSPS) is 19.0. The molecule has 1 heterocycles. The highest BCUT2D eigenvalue weighted by Gasteiger charge is 2.50. The minimum Gasteiger partial charge on any atom is -0.507 e. The summed E-state index contributed by atoms with van der Waals surface area (Å²) in [7, 11) is 0. The van der Waals surface area contributed by atoms with Gasteiger partial charge in [0, 0.05) is 17.9 Å². The standard InChI is InChI=1S/C40H41N3O8/c1-4-49-39(47)33(22-26-14-6-5-7-15-26)42-36(45)35-25(3)51-38(31-20-12-13-21-34(31)44)43(35)37(46)24(2)41-40(48)50-23-32-29-18-10-8-16-27(29)28-17-9-11-19-30(28)32/h5-21,24-25,32-33,35,38,44H,4,22-23H2,1-3H3,(H,41,48)(H,42,45)/t24-,25?,33-,35?,38?/m0/s1. The number of hydrogen-bond acceptors (Lipinski definition) is 8. The van der Waals surface area contributed by atoms with Crippen LogP contribution in [0.4, 0.5) is 4.79 Å². The van der Waals surface area contributed by atoms with E-state index < -0.39 is 54.3 Å². The van der Waals surface area contributed by atoms with Crippen molar-refractivity contribution >= 4 is 23.9 Å². The van der Waals surface area contributed by atoms with Crippen LogP contribution in [0.2, 0.25) is 0 Å². The monoisotopic (exact) mass is 691 g/mol. The summed E-state index contributed by atoms with van der Waals surface area (Å²) in [4.78, 5) is 55.7. The van der Waals surface area contributed by atoms with E-state index in [0.717, 1.165) is 27.8 Å². The van der Waals surface area contributed by atoms with Crippen molar-refractivity contribution in [3.05, 3.63) is 125 Å². The minimum atomic E-state index is -1.23. The highest BCUT2D eigenvalue weighted by atomic mass is 16.6. The molecule has 3 N–H and O–H groups in total. The van der Waals surface area contributed by atoms with Crippen LogP contribution in [0.1, 0.15) is 55.2 Å². The van der Waals surface area contributed by atoms with Gasteiger partial charge in [-0.25, -0.2) is 9.59 Å². The number of esters is 1. The Bertz CT molecular complexity index is 1850. The van der Waals surface area contributed by atoms with Gasteiger partial charge in [-0.1, -0.05) is 97.1 Å². The number of phenolic OH excluding ortho intramolecular Hbond substituents is 1. The van der Waals surface area contributed by atoms with Crippen LogP contribution in [-0.4, -0.2) is 71.3 Å². The summed E-state index contributed by atoms with van der Waals surface area (Å²) in [5.41, 5.74) is 5.32. The molecule has 0 bridgehead atoms. The molecule has 1 saturated heterocycles. The maximum Gasteiger partial charge on any atom is 0.407 e. The van der Waals surface area contributed by atoms with Gasteiger partial charge in [0.25, 0.3) is 0 Å². The number of ether oxygens (including phenoxy) is 3. The molecule has 2 aliphatic rings.